The minimum absolute atomic E-state index is 0.245. The monoisotopic (exact) mass is 353 g/mol. The third kappa shape index (κ3) is 3.24. The molecule has 0 amide bonds. The van der Waals surface area contributed by atoms with Crippen molar-refractivity contribution in [1.82, 2.24) is 9.88 Å². The fraction of sp³-hybridized carbons (Fsp3) is 0.250. The van der Waals surface area contributed by atoms with E-state index in [1.54, 1.807) is 12.1 Å². The summed E-state index contributed by atoms with van der Waals surface area (Å²) in [7, 11) is 0. The molecule has 2 aromatic carbocycles. The van der Waals surface area contributed by atoms with Crippen LogP contribution in [-0.4, -0.2) is 21.5 Å². The summed E-state index contributed by atoms with van der Waals surface area (Å²) in [6, 6.07) is 12.8. The molecule has 128 valence electrons. The van der Waals surface area contributed by atoms with Crippen LogP contribution in [0, 0.1) is 12.7 Å². The molecular formula is C20H20FN3S. The first-order valence-corrected chi connectivity index (χ1v) is 8.92. The van der Waals surface area contributed by atoms with Crippen LogP contribution in [0.2, 0.25) is 0 Å². The van der Waals surface area contributed by atoms with Crippen molar-refractivity contribution in [2.24, 2.45) is 0 Å². The molecule has 1 aliphatic rings. The molecule has 2 heterocycles. The Hall–Kier alpha value is -2.40. The second kappa shape index (κ2) is 6.48. The highest BCUT2D eigenvalue weighted by molar-refractivity contribution is 7.80. The van der Waals surface area contributed by atoms with Gasteiger partial charge < -0.3 is 15.2 Å². The Kier molecular flexibility index (Phi) is 4.17. The van der Waals surface area contributed by atoms with Crippen LogP contribution in [0.15, 0.2) is 42.5 Å². The second-order valence-electron chi connectivity index (χ2n) is 6.59. The third-order valence-electron chi connectivity index (χ3n) is 4.74. The molecule has 1 aromatic heterocycles. The first kappa shape index (κ1) is 16.1. The van der Waals surface area contributed by atoms with Crippen LogP contribution in [0.25, 0.3) is 10.9 Å². The number of hydrogen-bond acceptors (Lipinski definition) is 1. The van der Waals surface area contributed by atoms with Gasteiger partial charge in [0.1, 0.15) is 5.82 Å². The van der Waals surface area contributed by atoms with Crippen LogP contribution in [-0.2, 0) is 13.0 Å². The standard InChI is InChI=1S/C20H20FN3S/c1-13-4-9-19-16(11-13)17-12-24(10-2-3-18(17)23-19)20(25)22-15-7-5-14(21)6-8-15/h4-9,11,23H,2-3,10,12H2,1H3,(H,22,25). The summed E-state index contributed by atoms with van der Waals surface area (Å²) in [6.07, 6.45) is 2.07. The molecule has 4 rings (SSSR count). The summed E-state index contributed by atoms with van der Waals surface area (Å²) in [4.78, 5) is 5.76. The maximum atomic E-state index is 13.1. The molecule has 5 heteroatoms. The number of benzene rings is 2. The first-order chi connectivity index (χ1) is 12.1. The number of rotatable bonds is 1. The van der Waals surface area contributed by atoms with Gasteiger partial charge in [0.15, 0.2) is 5.11 Å². The van der Waals surface area contributed by atoms with E-state index in [4.69, 9.17) is 12.2 Å². The first-order valence-electron chi connectivity index (χ1n) is 8.52. The van der Waals surface area contributed by atoms with Gasteiger partial charge >= 0.3 is 0 Å². The number of thiocarbonyl (C=S) groups is 1. The fourth-order valence-corrected chi connectivity index (χ4v) is 3.71. The summed E-state index contributed by atoms with van der Waals surface area (Å²) in [5.41, 5.74) is 5.91. The van der Waals surface area contributed by atoms with E-state index in [-0.39, 0.29) is 5.82 Å². The summed E-state index contributed by atoms with van der Waals surface area (Å²) < 4.78 is 13.1. The Labute approximate surface area is 151 Å². The van der Waals surface area contributed by atoms with Crippen molar-refractivity contribution < 1.29 is 4.39 Å². The van der Waals surface area contributed by atoms with Crippen LogP contribution in [0.3, 0.4) is 0 Å². The molecule has 0 unspecified atom stereocenters. The van der Waals surface area contributed by atoms with Gasteiger partial charge in [-0.05, 0) is 68.4 Å². The molecule has 2 N–H and O–H groups in total. The van der Waals surface area contributed by atoms with Crippen molar-refractivity contribution in [3.8, 4) is 0 Å². The Bertz CT molecular complexity index is 930. The highest BCUT2D eigenvalue weighted by Gasteiger charge is 2.20. The highest BCUT2D eigenvalue weighted by Crippen LogP contribution is 2.28. The molecule has 0 saturated heterocycles. The van der Waals surface area contributed by atoms with Gasteiger partial charge in [0, 0.05) is 40.9 Å². The summed E-state index contributed by atoms with van der Waals surface area (Å²) in [5.74, 6) is -0.245. The van der Waals surface area contributed by atoms with Gasteiger partial charge in [-0.1, -0.05) is 11.6 Å². The minimum Gasteiger partial charge on any atom is -0.358 e. The van der Waals surface area contributed by atoms with Crippen molar-refractivity contribution in [3.63, 3.8) is 0 Å². The SMILES string of the molecule is Cc1ccc2[nH]c3c(c2c1)CN(C(=S)Nc1ccc(F)cc1)CCC3. The van der Waals surface area contributed by atoms with E-state index in [2.05, 4.69) is 40.3 Å². The maximum Gasteiger partial charge on any atom is 0.173 e. The zero-order valence-electron chi connectivity index (χ0n) is 14.1. The predicted molar refractivity (Wildman–Crippen MR) is 104 cm³/mol. The van der Waals surface area contributed by atoms with Crippen LogP contribution < -0.4 is 5.32 Å². The molecular weight excluding hydrogens is 333 g/mol. The quantitative estimate of drug-likeness (QED) is 0.619. The summed E-state index contributed by atoms with van der Waals surface area (Å²) >= 11 is 5.61. The van der Waals surface area contributed by atoms with Gasteiger partial charge in [-0.15, -0.1) is 0 Å². The van der Waals surface area contributed by atoms with E-state index in [0.717, 1.165) is 31.6 Å². The smallest absolute Gasteiger partial charge is 0.173 e. The van der Waals surface area contributed by atoms with Crippen LogP contribution in [0.4, 0.5) is 10.1 Å². The number of H-pyrrole nitrogens is 1. The number of aromatic amines is 1. The maximum absolute atomic E-state index is 13.1. The van der Waals surface area contributed by atoms with Gasteiger partial charge in [-0.25, -0.2) is 4.39 Å². The van der Waals surface area contributed by atoms with Crippen molar-refractivity contribution in [2.75, 3.05) is 11.9 Å². The third-order valence-corrected chi connectivity index (χ3v) is 5.10. The van der Waals surface area contributed by atoms with Gasteiger partial charge in [0.2, 0.25) is 0 Å². The largest absolute Gasteiger partial charge is 0.358 e. The molecule has 3 aromatic rings. The normalized spacial score (nSPS) is 14.2. The van der Waals surface area contributed by atoms with Gasteiger partial charge in [0.25, 0.3) is 0 Å². The molecule has 3 nitrogen and oxygen atoms in total. The average molecular weight is 353 g/mol. The second-order valence-corrected chi connectivity index (χ2v) is 6.98. The number of halogens is 1. The number of aromatic nitrogens is 1. The predicted octanol–water partition coefficient (Wildman–Crippen LogP) is 4.76. The van der Waals surface area contributed by atoms with E-state index < -0.39 is 0 Å². The van der Waals surface area contributed by atoms with Gasteiger partial charge in [0.05, 0.1) is 0 Å². The molecule has 1 aliphatic heterocycles. The minimum atomic E-state index is -0.245. The molecule has 0 bridgehead atoms. The van der Waals surface area contributed by atoms with E-state index in [1.165, 1.54) is 39.9 Å². The van der Waals surface area contributed by atoms with Crippen molar-refractivity contribution in [3.05, 3.63) is 65.1 Å². The van der Waals surface area contributed by atoms with Crippen LogP contribution in [0.1, 0.15) is 23.2 Å². The molecule has 0 radical (unpaired) electrons. The van der Waals surface area contributed by atoms with Gasteiger partial charge in [-0.3, -0.25) is 0 Å². The van der Waals surface area contributed by atoms with Crippen LogP contribution >= 0.6 is 12.2 Å². The number of nitrogens with one attached hydrogen (secondary N) is 2. The molecule has 0 aliphatic carbocycles. The fourth-order valence-electron chi connectivity index (χ4n) is 3.44. The van der Waals surface area contributed by atoms with Crippen molar-refractivity contribution in [1.29, 1.82) is 0 Å². The number of aryl methyl sites for hydroxylation is 2. The molecule has 25 heavy (non-hydrogen) atoms. The molecule has 0 atom stereocenters. The highest BCUT2D eigenvalue weighted by atomic mass is 32.1. The topological polar surface area (TPSA) is 31.1 Å². The lowest BCUT2D eigenvalue weighted by molar-refractivity contribution is 0.425. The zero-order chi connectivity index (χ0) is 17.4. The Morgan fingerprint density at radius 1 is 1.20 bits per heavy atom. The Morgan fingerprint density at radius 3 is 2.80 bits per heavy atom. The number of nitrogens with zero attached hydrogens (tertiary/aromatic N) is 1. The average Bonchev–Trinajstić information content (AvgIpc) is 2.79. The zero-order valence-corrected chi connectivity index (χ0v) is 14.9. The van der Waals surface area contributed by atoms with Gasteiger partial charge in [-0.2, -0.15) is 0 Å². The Balaban J connectivity index is 1.60. The lowest BCUT2D eigenvalue weighted by Crippen LogP contribution is -2.34. The van der Waals surface area contributed by atoms with E-state index >= 15 is 0 Å². The van der Waals surface area contributed by atoms with Crippen molar-refractivity contribution in [2.45, 2.75) is 26.3 Å². The molecule has 0 fully saturated rings. The lowest BCUT2D eigenvalue weighted by atomic mass is 10.1. The molecule has 0 spiro atoms. The Morgan fingerprint density at radius 2 is 2.00 bits per heavy atom. The summed E-state index contributed by atoms with van der Waals surface area (Å²) in [6.45, 7) is 3.81. The number of hydrogen-bond donors (Lipinski definition) is 2. The number of fused-ring (bicyclic) bond motifs is 3. The van der Waals surface area contributed by atoms with E-state index in [9.17, 15) is 4.39 Å². The summed E-state index contributed by atoms with van der Waals surface area (Å²) in [5, 5.41) is 5.20. The van der Waals surface area contributed by atoms with E-state index in [0.29, 0.717) is 5.11 Å². The van der Waals surface area contributed by atoms with E-state index in [1.807, 2.05) is 0 Å². The van der Waals surface area contributed by atoms with Crippen molar-refractivity contribution >= 4 is 33.9 Å². The number of anilines is 1. The lowest BCUT2D eigenvalue weighted by Gasteiger charge is -2.24. The van der Waals surface area contributed by atoms with Crippen LogP contribution in [0.5, 0.6) is 0 Å². The molecule has 0 saturated carbocycles.